The van der Waals surface area contributed by atoms with Gasteiger partial charge in [-0.15, -0.1) is 0 Å². The van der Waals surface area contributed by atoms with E-state index >= 15 is 0 Å². The highest BCUT2D eigenvalue weighted by atomic mass is 16.5. The third-order valence-electron chi connectivity index (χ3n) is 5.64. The molecule has 1 amide bonds. The number of hydrogen-bond acceptors (Lipinski definition) is 5. The maximum Gasteiger partial charge on any atom is 0.226 e. The highest BCUT2D eigenvalue weighted by molar-refractivity contribution is 5.97. The van der Waals surface area contributed by atoms with Gasteiger partial charge in [-0.3, -0.25) is 9.78 Å². The van der Waals surface area contributed by atoms with Crippen LogP contribution < -0.4 is 5.32 Å². The molecule has 0 saturated carbocycles. The average molecular weight is 378 g/mol. The van der Waals surface area contributed by atoms with Crippen molar-refractivity contribution in [2.45, 2.75) is 31.8 Å². The van der Waals surface area contributed by atoms with E-state index in [9.17, 15) is 4.79 Å². The number of pyridine rings is 1. The Kier molecular flexibility index (Phi) is 5.13. The Morgan fingerprint density at radius 3 is 2.93 bits per heavy atom. The SMILES string of the molecule is COC1=NCc2cc(CC(=O)N[C@H]3CN(C)C[C@@H]3c3ccccc3C)ncc21. The van der Waals surface area contributed by atoms with Crippen molar-refractivity contribution < 1.29 is 9.53 Å². The minimum Gasteiger partial charge on any atom is -0.481 e. The van der Waals surface area contributed by atoms with Crippen molar-refractivity contribution in [3.05, 3.63) is 64.5 Å². The summed E-state index contributed by atoms with van der Waals surface area (Å²) >= 11 is 0. The second-order valence-corrected chi connectivity index (χ2v) is 7.69. The van der Waals surface area contributed by atoms with Gasteiger partial charge in [0, 0.05) is 31.2 Å². The van der Waals surface area contributed by atoms with Crippen LogP contribution in [0.25, 0.3) is 0 Å². The molecular weight excluding hydrogens is 352 g/mol. The third-order valence-corrected chi connectivity index (χ3v) is 5.64. The van der Waals surface area contributed by atoms with Crippen LogP contribution >= 0.6 is 0 Å². The van der Waals surface area contributed by atoms with Crippen LogP contribution in [-0.4, -0.2) is 55.0 Å². The Morgan fingerprint density at radius 2 is 2.14 bits per heavy atom. The van der Waals surface area contributed by atoms with Gasteiger partial charge in [0.1, 0.15) is 0 Å². The van der Waals surface area contributed by atoms with Crippen molar-refractivity contribution in [1.82, 2.24) is 15.2 Å². The number of aromatic nitrogens is 1. The van der Waals surface area contributed by atoms with Gasteiger partial charge in [-0.25, -0.2) is 4.99 Å². The summed E-state index contributed by atoms with van der Waals surface area (Å²) in [6.45, 7) is 4.52. The summed E-state index contributed by atoms with van der Waals surface area (Å²) in [6.07, 6.45) is 2.03. The lowest BCUT2D eigenvalue weighted by atomic mass is 9.91. The highest BCUT2D eigenvalue weighted by Gasteiger charge is 2.33. The highest BCUT2D eigenvalue weighted by Crippen LogP contribution is 2.29. The fourth-order valence-corrected chi connectivity index (χ4v) is 4.27. The van der Waals surface area contributed by atoms with E-state index in [0.717, 1.165) is 29.9 Å². The molecule has 0 aliphatic carbocycles. The smallest absolute Gasteiger partial charge is 0.226 e. The number of aryl methyl sites for hydroxylation is 1. The first-order chi connectivity index (χ1) is 13.5. The van der Waals surface area contributed by atoms with E-state index < -0.39 is 0 Å². The second-order valence-electron chi connectivity index (χ2n) is 7.69. The van der Waals surface area contributed by atoms with Crippen LogP contribution in [0.2, 0.25) is 0 Å². The Morgan fingerprint density at radius 1 is 1.32 bits per heavy atom. The van der Waals surface area contributed by atoms with Crippen LogP contribution in [0.3, 0.4) is 0 Å². The van der Waals surface area contributed by atoms with Crippen LogP contribution in [0.4, 0.5) is 0 Å². The molecule has 0 radical (unpaired) electrons. The number of carbonyl (C=O) groups excluding carboxylic acids is 1. The van der Waals surface area contributed by atoms with Crippen molar-refractivity contribution in [1.29, 1.82) is 0 Å². The summed E-state index contributed by atoms with van der Waals surface area (Å²) in [4.78, 5) is 23.8. The Balaban J connectivity index is 1.44. The molecule has 1 aromatic heterocycles. The van der Waals surface area contributed by atoms with Gasteiger partial charge in [0.05, 0.1) is 31.3 Å². The van der Waals surface area contributed by atoms with Crippen LogP contribution in [0, 0.1) is 6.92 Å². The van der Waals surface area contributed by atoms with Crippen molar-refractivity contribution in [2.75, 3.05) is 27.2 Å². The summed E-state index contributed by atoms with van der Waals surface area (Å²) in [5, 5.41) is 3.25. The minimum absolute atomic E-state index is 0.0113. The molecule has 0 unspecified atom stereocenters. The third kappa shape index (κ3) is 3.64. The quantitative estimate of drug-likeness (QED) is 0.884. The number of hydrogen-bond donors (Lipinski definition) is 1. The first-order valence-electron chi connectivity index (χ1n) is 9.65. The average Bonchev–Trinajstić information content (AvgIpc) is 3.24. The van der Waals surface area contributed by atoms with E-state index in [-0.39, 0.29) is 18.4 Å². The van der Waals surface area contributed by atoms with Crippen LogP contribution in [0.15, 0.2) is 41.5 Å². The molecular formula is C22H26N4O2. The molecule has 2 aromatic rings. The molecule has 1 aromatic carbocycles. The molecule has 1 fully saturated rings. The molecule has 0 bridgehead atoms. The predicted molar refractivity (Wildman–Crippen MR) is 109 cm³/mol. The zero-order valence-corrected chi connectivity index (χ0v) is 16.6. The minimum atomic E-state index is 0.0113. The zero-order chi connectivity index (χ0) is 19.7. The number of likely N-dealkylation sites (N-methyl/N-ethyl adjacent to an activating group) is 1. The fourth-order valence-electron chi connectivity index (χ4n) is 4.27. The molecule has 2 aliphatic rings. The predicted octanol–water partition coefficient (Wildman–Crippen LogP) is 2.05. The summed E-state index contributed by atoms with van der Waals surface area (Å²) in [7, 11) is 3.71. The number of methoxy groups -OCH3 is 1. The van der Waals surface area contributed by atoms with Crippen molar-refractivity contribution in [2.24, 2.45) is 4.99 Å². The monoisotopic (exact) mass is 378 g/mol. The van der Waals surface area contributed by atoms with Crippen LogP contribution in [0.1, 0.15) is 33.9 Å². The molecule has 28 heavy (non-hydrogen) atoms. The number of fused-ring (bicyclic) bond motifs is 1. The van der Waals surface area contributed by atoms with Gasteiger partial charge in [0.15, 0.2) is 0 Å². The zero-order valence-electron chi connectivity index (χ0n) is 16.6. The topological polar surface area (TPSA) is 66.8 Å². The van der Waals surface area contributed by atoms with Crippen molar-refractivity contribution >= 4 is 11.8 Å². The lowest BCUT2D eigenvalue weighted by Gasteiger charge is -2.22. The molecule has 2 aliphatic heterocycles. The first-order valence-corrected chi connectivity index (χ1v) is 9.65. The summed E-state index contributed by atoms with van der Waals surface area (Å²) in [5.41, 5.74) is 5.34. The number of aliphatic imine (C=N–C) groups is 1. The number of likely N-dealkylation sites (tertiary alicyclic amines) is 1. The van der Waals surface area contributed by atoms with Gasteiger partial charge in [-0.05, 0) is 36.7 Å². The molecule has 0 spiro atoms. The Hall–Kier alpha value is -2.73. The van der Waals surface area contributed by atoms with Crippen LogP contribution in [-0.2, 0) is 22.5 Å². The number of benzene rings is 1. The normalized spacial score (nSPS) is 21.3. The standard InChI is InChI=1S/C22H26N4O2/c1-14-6-4-5-7-17(14)19-12-26(2)13-20(19)25-21(27)9-16-8-15-10-24-22(28-3)18(15)11-23-16/h4-8,11,19-20H,9-10,12-13H2,1-3H3,(H,25,27)/t19-,20+/m1/s1. The molecule has 4 rings (SSSR count). The molecule has 3 heterocycles. The molecule has 1 N–H and O–H groups in total. The van der Waals surface area contributed by atoms with Crippen molar-refractivity contribution in [3.8, 4) is 0 Å². The van der Waals surface area contributed by atoms with E-state index in [1.54, 1.807) is 13.3 Å². The molecule has 6 nitrogen and oxygen atoms in total. The lowest BCUT2D eigenvalue weighted by Crippen LogP contribution is -2.40. The lowest BCUT2D eigenvalue weighted by molar-refractivity contribution is -0.121. The summed E-state index contributed by atoms with van der Waals surface area (Å²) < 4.78 is 5.25. The largest absolute Gasteiger partial charge is 0.481 e. The summed E-state index contributed by atoms with van der Waals surface area (Å²) in [5.74, 6) is 0.937. The van der Waals surface area contributed by atoms with Gasteiger partial charge in [0.25, 0.3) is 0 Å². The molecule has 146 valence electrons. The second kappa shape index (κ2) is 7.72. The van der Waals surface area contributed by atoms with Crippen molar-refractivity contribution in [3.63, 3.8) is 0 Å². The number of nitrogens with one attached hydrogen (secondary N) is 1. The number of carbonyl (C=O) groups is 1. The van der Waals surface area contributed by atoms with E-state index in [4.69, 9.17) is 4.74 Å². The number of nitrogens with zero attached hydrogens (tertiary/aromatic N) is 3. The maximum atomic E-state index is 12.7. The van der Waals surface area contributed by atoms with Gasteiger partial charge < -0.3 is 15.0 Å². The fraction of sp³-hybridized carbons (Fsp3) is 0.409. The Bertz CT molecular complexity index is 925. The first kappa shape index (κ1) is 18.6. The number of ether oxygens (including phenoxy) is 1. The molecule has 2 atom stereocenters. The van der Waals surface area contributed by atoms with Gasteiger partial charge in [-0.1, -0.05) is 24.3 Å². The molecule has 1 saturated heterocycles. The van der Waals surface area contributed by atoms with Crippen LogP contribution in [0.5, 0.6) is 0 Å². The van der Waals surface area contributed by atoms with E-state index in [1.165, 1.54) is 11.1 Å². The number of amides is 1. The van der Waals surface area contributed by atoms with E-state index in [0.29, 0.717) is 18.4 Å². The van der Waals surface area contributed by atoms with E-state index in [2.05, 4.69) is 58.4 Å². The van der Waals surface area contributed by atoms with E-state index in [1.807, 2.05) is 6.07 Å². The number of rotatable bonds is 4. The summed E-state index contributed by atoms with van der Waals surface area (Å²) in [6, 6.07) is 10.5. The van der Waals surface area contributed by atoms with Gasteiger partial charge in [0.2, 0.25) is 11.8 Å². The van der Waals surface area contributed by atoms with Gasteiger partial charge in [-0.2, -0.15) is 0 Å². The molecule has 6 heteroatoms. The Labute approximate surface area is 165 Å². The maximum absolute atomic E-state index is 12.7. The van der Waals surface area contributed by atoms with Gasteiger partial charge >= 0.3 is 0 Å².